The van der Waals surface area contributed by atoms with Crippen molar-refractivity contribution in [3.63, 3.8) is 0 Å². The van der Waals surface area contributed by atoms with E-state index < -0.39 is 18.6 Å². The van der Waals surface area contributed by atoms with Crippen molar-refractivity contribution in [2.24, 2.45) is 0 Å². The van der Waals surface area contributed by atoms with Crippen LogP contribution in [0.5, 0.6) is 0 Å². The van der Waals surface area contributed by atoms with Crippen LogP contribution in [0.4, 0.5) is 11.4 Å². The second-order valence-corrected chi connectivity index (χ2v) is 6.25. The smallest absolute Gasteiger partial charge is 0.256 e. The number of para-hydroxylation sites is 1. The van der Waals surface area contributed by atoms with E-state index in [1.807, 2.05) is 30.5 Å². The van der Waals surface area contributed by atoms with Crippen LogP contribution in [-0.4, -0.2) is 39.7 Å². The monoisotopic (exact) mass is 363 g/mol. The Balaban J connectivity index is 1.72. The van der Waals surface area contributed by atoms with E-state index in [0.29, 0.717) is 22.5 Å². The Morgan fingerprint density at radius 3 is 2.85 bits per heavy atom. The molecule has 5 N–H and O–H groups in total. The Morgan fingerprint density at radius 1 is 1.22 bits per heavy atom. The SMILES string of the molecule is O=C1Nc2ccc(NC(=O)C(O)CO)cc2/C1=C\c1c[nH]c2ccccc12. The molecule has 1 unspecified atom stereocenters. The van der Waals surface area contributed by atoms with Gasteiger partial charge < -0.3 is 25.8 Å². The normalized spacial score (nSPS) is 15.6. The molecule has 7 nitrogen and oxygen atoms in total. The van der Waals surface area contributed by atoms with E-state index in [0.717, 1.165) is 16.5 Å². The fraction of sp³-hybridized carbons (Fsp3) is 0.100. The highest BCUT2D eigenvalue weighted by Gasteiger charge is 2.25. The predicted molar refractivity (Wildman–Crippen MR) is 103 cm³/mol. The van der Waals surface area contributed by atoms with Crippen molar-refractivity contribution in [3.8, 4) is 0 Å². The lowest BCUT2D eigenvalue weighted by Crippen LogP contribution is -2.30. The molecule has 0 radical (unpaired) electrons. The highest BCUT2D eigenvalue weighted by atomic mass is 16.3. The van der Waals surface area contributed by atoms with Gasteiger partial charge in [0.2, 0.25) is 0 Å². The van der Waals surface area contributed by atoms with Gasteiger partial charge in [-0.2, -0.15) is 0 Å². The molecule has 0 fully saturated rings. The molecule has 0 aliphatic carbocycles. The van der Waals surface area contributed by atoms with Gasteiger partial charge >= 0.3 is 0 Å². The fourth-order valence-electron chi connectivity index (χ4n) is 3.09. The van der Waals surface area contributed by atoms with E-state index in [4.69, 9.17) is 5.11 Å². The van der Waals surface area contributed by atoms with Gasteiger partial charge in [-0.25, -0.2) is 0 Å². The van der Waals surface area contributed by atoms with Gasteiger partial charge in [-0.15, -0.1) is 0 Å². The summed E-state index contributed by atoms with van der Waals surface area (Å²) < 4.78 is 0. The number of hydrogen-bond acceptors (Lipinski definition) is 4. The number of H-pyrrole nitrogens is 1. The highest BCUT2D eigenvalue weighted by Crippen LogP contribution is 2.36. The Bertz CT molecular complexity index is 1080. The van der Waals surface area contributed by atoms with Gasteiger partial charge in [-0.1, -0.05) is 18.2 Å². The highest BCUT2D eigenvalue weighted by molar-refractivity contribution is 6.35. The minimum Gasteiger partial charge on any atom is -0.393 e. The molecule has 0 saturated carbocycles. The van der Waals surface area contributed by atoms with Crippen LogP contribution in [0.2, 0.25) is 0 Å². The summed E-state index contributed by atoms with van der Waals surface area (Å²) in [6.45, 7) is -0.664. The van der Waals surface area contributed by atoms with Crippen molar-refractivity contribution in [2.75, 3.05) is 17.2 Å². The van der Waals surface area contributed by atoms with Crippen molar-refractivity contribution in [2.45, 2.75) is 6.10 Å². The van der Waals surface area contributed by atoms with Crippen molar-refractivity contribution in [1.82, 2.24) is 4.98 Å². The Morgan fingerprint density at radius 2 is 2.04 bits per heavy atom. The minimum absolute atomic E-state index is 0.228. The summed E-state index contributed by atoms with van der Waals surface area (Å²) in [5.41, 5.74) is 4.06. The lowest BCUT2D eigenvalue weighted by Gasteiger charge is -2.10. The number of benzene rings is 2. The lowest BCUT2D eigenvalue weighted by molar-refractivity contribution is -0.125. The molecule has 4 rings (SSSR count). The second kappa shape index (κ2) is 6.71. The molecule has 2 amide bonds. The molecule has 1 atom stereocenters. The summed E-state index contributed by atoms with van der Waals surface area (Å²) in [6, 6.07) is 12.8. The first-order chi connectivity index (χ1) is 13.1. The molecule has 0 bridgehead atoms. The first kappa shape index (κ1) is 17.0. The first-order valence-electron chi connectivity index (χ1n) is 8.40. The van der Waals surface area contributed by atoms with Gasteiger partial charge in [0.15, 0.2) is 6.10 Å². The third-order valence-electron chi connectivity index (χ3n) is 4.47. The van der Waals surface area contributed by atoms with Crippen LogP contribution in [0.1, 0.15) is 11.1 Å². The van der Waals surface area contributed by atoms with Gasteiger partial charge in [-0.3, -0.25) is 9.59 Å². The standard InChI is InChI=1S/C20H17N3O4/c24-10-18(25)20(27)22-12-5-6-17-14(8-12)15(19(26)23-17)7-11-9-21-16-4-2-1-3-13(11)16/h1-9,18,21,24-25H,10H2,(H,22,27)(H,23,26)/b15-7+. The number of aliphatic hydroxyl groups is 2. The molecule has 3 aromatic rings. The second-order valence-electron chi connectivity index (χ2n) is 6.25. The van der Waals surface area contributed by atoms with Crippen molar-refractivity contribution < 1.29 is 19.8 Å². The number of anilines is 2. The number of amides is 2. The Kier molecular flexibility index (Phi) is 4.23. The number of carbonyl (C=O) groups excluding carboxylic acids is 2. The summed E-state index contributed by atoms with van der Waals surface area (Å²) in [7, 11) is 0. The third-order valence-corrected chi connectivity index (χ3v) is 4.47. The summed E-state index contributed by atoms with van der Waals surface area (Å²) in [5.74, 6) is -0.939. The summed E-state index contributed by atoms with van der Waals surface area (Å²) in [6.07, 6.45) is 2.14. The van der Waals surface area contributed by atoms with Crippen molar-refractivity contribution in [3.05, 3.63) is 59.8 Å². The first-order valence-corrected chi connectivity index (χ1v) is 8.40. The zero-order valence-corrected chi connectivity index (χ0v) is 14.2. The van der Waals surface area contributed by atoms with E-state index in [-0.39, 0.29) is 5.91 Å². The zero-order chi connectivity index (χ0) is 19.0. The molecular weight excluding hydrogens is 346 g/mol. The van der Waals surface area contributed by atoms with Gasteiger partial charge in [0, 0.05) is 45.2 Å². The number of nitrogens with one attached hydrogen (secondary N) is 3. The summed E-state index contributed by atoms with van der Waals surface area (Å²) in [5, 5.41) is 24.6. The molecule has 27 heavy (non-hydrogen) atoms. The van der Waals surface area contributed by atoms with Crippen LogP contribution < -0.4 is 10.6 Å². The van der Waals surface area contributed by atoms with Gasteiger partial charge in [0.25, 0.3) is 11.8 Å². The molecule has 1 aliphatic rings. The molecule has 1 aliphatic heterocycles. The van der Waals surface area contributed by atoms with Gasteiger partial charge in [0.05, 0.1) is 6.61 Å². The maximum Gasteiger partial charge on any atom is 0.256 e. The summed E-state index contributed by atoms with van der Waals surface area (Å²) in [4.78, 5) is 27.4. The van der Waals surface area contributed by atoms with Crippen LogP contribution >= 0.6 is 0 Å². The molecule has 2 aromatic carbocycles. The number of fused-ring (bicyclic) bond motifs is 2. The van der Waals surface area contributed by atoms with E-state index in [9.17, 15) is 14.7 Å². The quantitative estimate of drug-likeness (QED) is 0.456. The number of aliphatic hydroxyl groups excluding tert-OH is 2. The number of rotatable bonds is 4. The molecule has 7 heteroatoms. The Hall–Kier alpha value is -3.42. The third kappa shape index (κ3) is 3.10. The van der Waals surface area contributed by atoms with Crippen molar-refractivity contribution >= 4 is 45.7 Å². The number of aromatic nitrogens is 1. The average molecular weight is 363 g/mol. The van der Waals surface area contributed by atoms with Crippen LogP contribution in [0.3, 0.4) is 0 Å². The number of hydrogen-bond donors (Lipinski definition) is 5. The Labute approximate surface area is 154 Å². The number of aromatic amines is 1. The number of carbonyl (C=O) groups is 2. The van der Waals surface area contributed by atoms with E-state index in [1.54, 1.807) is 24.3 Å². The average Bonchev–Trinajstić information content (AvgIpc) is 3.22. The van der Waals surface area contributed by atoms with Crippen molar-refractivity contribution in [1.29, 1.82) is 0 Å². The molecule has 1 aromatic heterocycles. The lowest BCUT2D eigenvalue weighted by atomic mass is 10.0. The van der Waals surface area contributed by atoms with E-state index in [2.05, 4.69) is 15.6 Å². The fourth-order valence-corrected chi connectivity index (χ4v) is 3.09. The molecule has 0 saturated heterocycles. The molecule has 0 spiro atoms. The van der Waals surface area contributed by atoms with Gasteiger partial charge in [-0.05, 0) is 30.3 Å². The largest absolute Gasteiger partial charge is 0.393 e. The molecule has 2 heterocycles. The van der Waals surface area contributed by atoms with Gasteiger partial charge in [0.1, 0.15) is 0 Å². The minimum atomic E-state index is -1.50. The van der Waals surface area contributed by atoms with E-state index >= 15 is 0 Å². The van der Waals surface area contributed by atoms with Crippen LogP contribution in [0.15, 0.2) is 48.7 Å². The van der Waals surface area contributed by atoms with Crippen LogP contribution in [0, 0.1) is 0 Å². The predicted octanol–water partition coefficient (Wildman–Crippen LogP) is 1.95. The maximum absolute atomic E-state index is 12.4. The molecular formula is C20H17N3O4. The molecule has 136 valence electrons. The van der Waals surface area contributed by atoms with Crippen LogP contribution in [0.25, 0.3) is 22.6 Å². The topological polar surface area (TPSA) is 114 Å². The zero-order valence-electron chi connectivity index (χ0n) is 14.2. The summed E-state index contributed by atoms with van der Waals surface area (Å²) >= 11 is 0. The van der Waals surface area contributed by atoms with E-state index in [1.165, 1.54) is 0 Å². The van der Waals surface area contributed by atoms with Crippen LogP contribution in [-0.2, 0) is 9.59 Å². The maximum atomic E-state index is 12.4.